The molecule has 1 fully saturated rings. The Labute approximate surface area is 128 Å². The lowest BCUT2D eigenvalue weighted by Crippen LogP contribution is -2.22. The van der Waals surface area contributed by atoms with Gasteiger partial charge in [0.15, 0.2) is 11.5 Å². The van der Waals surface area contributed by atoms with E-state index in [4.69, 9.17) is 10.5 Å². The lowest BCUT2D eigenvalue weighted by atomic mass is 10.1. The lowest BCUT2D eigenvalue weighted by Gasteiger charge is -2.15. The summed E-state index contributed by atoms with van der Waals surface area (Å²) >= 11 is 0. The number of nitrogens with zero attached hydrogens (tertiary/aromatic N) is 4. The fraction of sp³-hybridized carbons (Fsp3) is 0.400. The first-order chi connectivity index (χ1) is 10.7. The minimum atomic E-state index is 0.110. The van der Waals surface area contributed by atoms with Crippen molar-refractivity contribution in [3.05, 3.63) is 29.6 Å². The Hall–Kier alpha value is -2.57. The molecule has 1 aliphatic rings. The summed E-state index contributed by atoms with van der Waals surface area (Å²) in [5.41, 5.74) is 6.74. The van der Waals surface area contributed by atoms with Crippen LogP contribution in [0, 0.1) is 0 Å². The maximum absolute atomic E-state index is 9.64. The van der Waals surface area contributed by atoms with Gasteiger partial charge in [0, 0.05) is 19.5 Å². The summed E-state index contributed by atoms with van der Waals surface area (Å²) in [7, 11) is 1.52. The number of nitrogens with two attached hydrogens (primary N) is 1. The zero-order chi connectivity index (χ0) is 15.5. The number of phenolic OH excluding ortho intramolecular Hbond substituents is 1. The molecule has 0 saturated carbocycles. The maximum Gasteiger partial charge on any atom is 0.230 e. The average molecular weight is 301 g/mol. The summed E-state index contributed by atoms with van der Waals surface area (Å²) in [5.74, 6) is 2.03. The summed E-state index contributed by atoms with van der Waals surface area (Å²) in [4.78, 5) is 15.1. The number of phenols is 1. The van der Waals surface area contributed by atoms with Crippen molar-refractivity contribution < 1.29 is 9.84 Å². The fourth-order valence-corrected chi connectivity index (χ4v) is 2.58. The number of aromatic nitrogens is 3. The second-order valence-electron chi connectivity index (χ2n) is 5.29. The topological polar surface area (TPSA) is 97.4 Å². The Balaban J connectivity index is 1.85. The largest absolute Gasteiger partial charge is 0.504 e. The minimum absolute atomic E-state index is 0.110. The number of hydrogen-bond acceptors (Lipinski definition) is 7. The fourth-order valence-electron chi connectivity index (χ4n) is 2.58. The number of benzene rings is 1. The van der Waals surface area contributed by atoms with Gasteiger partial charge in [-0.2, -0.15) is 15.0 Å². The van der Waals surface area contributed by atoms with Crippen molar-refractivity contribution in [2.75, 3.05) is 30.8 Å². The van der Waals surface area contributed by atoms with Crippen LogP contribution in [0.15, 0.2) is 18.2 Å². The molecule has 1 aromatic carbocycles. The molecule has 22 heavy (non-hydrogen) atoms. The Kier molecular flexibility index (Phi) is 3.95. The Bertz CT molecular complexity index is 671. The molecule has 7 nitrogen and oxygen atoms in total. The molecule has 116 valence electrons. The highest BCUT2D eigenvalue weighted by Crippen LogP contribution is 2.27. The zero-order valence-corrected chi connectivity index (χ0v) is 12.5. The highest BCUT2D eigenvalue weighted by molar-refractivity contribution is 5.43. The number of rotatable bonds is 4. The van der Waals surface area contributed by atoms with Crippen LogP contribution in [0.25, 0.3) is 0 Å². The van der Waals surface area contributed by atoms with Crippen LogP contribution in [0.2, 0.25) is 0 Å². The number of methoxy groups -OCH3 is 1. The first-order valence-electron chi connectivity index (χ1n) is 7.27. The van der Waals surface area contributed by atoms with Crippen molar-refractivity contribution in [2.24, 2.45) is 0 Å². The molecule has 2 aromatic rings. The quantitative estimate of drug-likeness (QED) is 0.879. The molecule has 3 N–H and O–H groups in total. The third-order valence-electron chi connectivity index (χ3n) is 3.68. The van der Waals surface area contributed by atoms with E-state index in [1.165, 1.54) is 7.11 Å². The zero-order valence-electron chi connectivity index (χ0n) is 12.5. The van der Waals surface area contributed by atoms with Crippen molar-refractivity contribution >= 4 is 11.9 Å². The van der Waals surface area contributed by atoms with E-state index in [0.717, 1.165) is 31.5 Å². The predicted molar refractivity (Wildman–Crippen MR) is 83.2 cm³/mol. The second-order valence-corrected chi connectivity index (χ2v) is 5.29. The molecular formula is C15H19N5O2. The monoisotopic (exact) mass is 301 g/mol. The molecule has 0 unspecified atom stereocenters. The Morgan fingerprint density at radius 3 is 2.73 bits per heavy atom. The molecule has 0 atom stereocenters. The molecule has 0 radical (unpaired) electrons. The van der Waals surface area contributed by atoms with Crippen LogP contribution in [-0.2, 0) is 6.42 Å². The van der Waals surface area contributed by atoms with Crippen LogP contribution in [0.4, 0.5) is 11.9 Å². The van der Waals surface area contributed by atoms with Gasteiger partial charge in [0.25, 0.3) is 0 Å². The van der Waals surface area contributed by atoms with Gasteiger partial charge in [-0.25, -0.2) is 0 Å². The molecule has 0 aliphatic carbocycles. The van der Waals surface area contributed by atoms with Crippen LogP contribution < -0.4 is 15.4 Å². The number of ether oxygens (including phenoxy) is 1. The predicted octanol–water partition coefficient (Wildman–Crippen LogP) is 1.36. The first-order valence-corrected chi connectivity index (χ1v) is 7.27. The van der Waals surface area contributed by atoms with Gasteiger partial charge in [0.1, 0.15) is 5.82 Å². The smallest absolute Gasteiger partial charge is 0.230 e. The lowest BCUT2D eigenvalue weighted by molar-refractivity contribution is 0.373. The number of anilines is 2. The summed E-state index contributed by atoms with van der Waals surface area (Å²) in [5, 5.41) is 9.64. The molecule has 7 heteroatoms. The maximum atomic E-state index is 9.64. The highest BCUT2D eigenvalue weighted by Gasteiger charge is 2.17. The van der Waals surface area contributed by atoms with Crippen LogP contribution >= 0.6 is 0 Å². The normalized spacial score (nSPS) is 14.3. The van der Waals surface area contributed by atoms with Crippen LogP contribution in [0.3, 0.4) is 0 Å². The van der Waals surface area contributed by atoms with E-state index >= 15 is 0 Å². The van der Waals surface area contributed by atoms with E-state index in [9.17, 15) is 5.11 Å². The minimum Gasteiger partial charge on any atom is -0.504 e. The molecule has 0 spiro atoms. The van der Waals surface area contributed by atoms with Gasteiger partial charge in [-0.15, -0.1) is 0 Å². The molecule has 1 saturated heterocycles. The number of aromatic hydroxyl groups is 1. The van der Waals surface area contributed by atoms with Gasteiger partial charge in [-0.05, 0) is 30.5 Å². The van der Waals surface area contributed by atoms with Crippen LogP contribution in [-0.4, -0.2) is 40.3 Å². The van der Waals surface area contributed by atoms with E-state index in [1.54, 1.807) is 12.1 Å². The molecular weight excluding hydrogens is 282 g/mol. The average Bonchev–Trinajstić information content (AvgIpc) is 3.03. The number of hydrogen-bond donors (Lipinski definition) is 2. The SMILES string of the molecule is COc1cc(Cc2nc(N)nc(N3CCCC3)n2)ccc1O. The third-order valence-corrected chi connectivity index (χ3v) is 3.68. The summed E-state index contributed by atoms with van der Waals surface area (Å²) < 4.78 is 5.12. The van der Waals surface area contributed by atoms with Gasteiger partial charge in [0.05, 0.1) is 7.11 Å². The number of nitrogen functional groups attached to an aromatic ring is 1. The van der Waals surface area contributed by atoms with Gasteiger partial charge in [-0.1, -0.05) is 6.07 Å². The van der Waals surface area contributed by atoms with Crippen molar-refractivity contribution in [2.45, 2.75) is 19.3 Å². The molecule has 1 aromatic heterocycles. The van der Waals surface area contributed by atoms with E-state index in [0.29, 0.717) is 23.9 Å². The van der Waals surface area contributed by atoms with Gasteiger partial charge >= 0.3 is 0 Å². The molecule has 0 amide bonds. The van der Waals surface area contributed by atoms with Crippen LogP contribution in [0.5, 0.6) is 11.5 Å². The van der Waals surface area contributed by atoms with E-state index in [1.807, 2.05) is 6.07 Å². The summed E-state index contributed by atoms with van der Waals surface area (Å²) in [6.07, 6.45) is 2.80. The van der Waals surface area contributed by atoms with E-state index < -0.39 is 0 Å². The third kappa shape index (κ3) is 3.03. The molecule has 1 aliphatic heterocycles. The Morgan fingerprint density at radius 1 is 1.23 bits per heavy atom. The van der Waals surface area contributed by atoms with Crippen molar-refractivity contribution in [1.29, 1.82) is 0 Å². The van der Waals surface area contributed by atoms with Gasteiger partial charge in [0.2, 0.25) is 11.9 Å². The second kappa shape index (κ2) is 6.05. The van der Waals surface area contributed by atoms with Crippen molar-refractivity contribution in [3.63, 3.8) is 0 Å². The standard InChI is InChI=1S/C15H19N5O2/c1-22-12-8-10(4-5-11(12)21)9-13-17-14(16)19-15(18-13)20-6-2-3-7-20/h4-5,8,21H,2-3,6-7,9H2,1H3,(H2,16,17,18,19). The van der Waals surface area contributed by atoms with E-state index in [2.05, 4.69) is 19.9 Å². The van der Waals surface area contributed by atoms with Gasteiger partial charge in [-0.3, -0.25) is 0 Å². The molecule has 3 rings (SSSR count). The molecule has 0 bridgehead atoms. The van der Waals surface area contributed by atoms with E-state index in [-0.39, 0.29) is 11.7 Å². The summed E-state index contributed by atoms with van der Waals surface area (Å²) in [6, 6.07) is 5.18. The van der Waals surface area contributed by atoms with Crippen molar-refractivity contribution in [3.8, 4) is 11.5 Å². The van der Waals surface area contributed by atoms with Crippen LogP contribution in [0.1, 0.15) is 24.2 Å². The summed E-state index contributed by atoms with van der Waals surface area (Å²) in [6.45, 7) is 1.91. The van der Waals surface area contributed by atoms with Gasteiger partial charge < -0.3 is 20.5 Å². The molecule has 2 heterocycles. The highest BCUT2D eigenvalue weighted by atomic mass is 16.5. The Morgan fingerprint density at radius 2 is 2.00 bits per heavy atom. The van der Waals surface area contributed by atoms with Crippen molar-refractivity contribution in [1.82, 2.24) is 15.0 Å². The first kappa shape index (κ1) is 14.4.